The molecule has 0 spiro atoms. The zero-order chi connectivity index (χ0) is 25.5. The monoisotopic (exact) mass is 492 g/mol. The molecule has 0 saturated carbocycles. The fourth-order valence-electron chi connectivity index (χ4n) is 4.23. The van der Waals surface area contributed by atoms with Crippen molar-refractivity contribution < 1.29 is 4.79 Å². The van der Waals surface area contributed by atoms with Crippen molar-refractivity contribution in [3.05, 3.63) is 95.8 Å². The topological polar surface area (TPSA) is 115 Å². The van der Waals surface area contributed by atoms with Crippen molar-refractivity contribution in [3.63, 3.8) is 0 Å². The van der Waals surface area contributed by atoms with E-state index in [2.05, 4.69) is 37.6 Å². The number of tetrazole rings is 1. The first kappa shape index (κ1) is 24.2. The van der Waals surface area contributed by atoms with Crippen molar-refractivity contribution in [3.8, 4) is 22.5 Å². The van der Waals surface area contributed by atoms with Crippen LogP contribution in [0.5, 0.6) is 0 Å². The Bertz CT molecular complexity index is 1440. The van der Waals surface area contributed by atoms with Gasteiger partial charge in [-0.05, 0) is 28.8 Å². The largest absolute Gasteiger partial charge is 0.290 e. The van der Waals surface area contributed by atoms with Gasteiger partial charge >= 0.3 is 0 Å². The van der Waals surface area contributed by atoms with E-state index in [-0.39, 0.29) is 18.0 Å². The zero-order valence-electron chi connectivity index (χ0n) is 20.7. The molecule has 0 bridgehead atoms. The number of nitrogens with one attached hydrogen (secondary N) is 1. The Morgan fingerprint density at radius 1 is 0.946 bits per heavy atom. The van der Waals surface area contributed by atoms with Crippen LogP contribution in [0.2, 0.25) is 0 Å². The van der Waals surface area contributed by atoms with Crippen molar-refractivity contribution >= 4 is 5.78 Å². The quantitative estimate of drug-likeness (QED) is 0.209. The molecule has 37 heavy (non-hydrogen) atoms. The normalized spacial score (nSPS) is 11.1. The summed E-state index contributed by atoms with van der Waals surface area (Å²) >= 11 is 0. The highest BCUT2D eigenvalue weighted by Crippen LogP contribution is 2.29. The van der Waals surface area contributed by atoms with Crippen LogP contribution < -0.4 is 0 Å². The van der Waals surface area contributed by atoms with Gasteiger partial charge in [0.1, 0.15) is 5.82 Å². The minimum atomic E-state index is -0.0805. The highest BCUT2D eigenvalue weighted by atomic mass is 16.1. The number of nitrogens with zero attached hydrogens (tertiary/aromatic N) is 7. The Morgan fingerprint density at radius 2 is 1.76 bits per heavy atom. The summed E-state index contributed by atoms with van der Waals surface area (Å²) in [6.07, 6.45) is 5.81. The van der Waals surface area contributed by atoms with Gasteiger partial charge in [-0.3, -0.25) is 9.78 Å². The number of unbranched alkanes of at least 4 members (excludes halogenated alkanes) is 2. The Labute approximate surface area is 215 Å². The van der Waals surface area contributed by atoms with E-state index < -0.39 is 0 Å². The lowest BCUT2D eigenvalue weighted by atomic mass is 10.0. The number of Topliss-reactive ketones (excluding diaryl/α,β-unsaturated/α-hetero) is 1. The molecule has 0 aliphatic heterocycles. The molecule has 0 aliphatic carbocycles. The van der Waals surface area contributed by atoms with Gasteiger partial charge in [-0.1, -0.05) is 80.4 Å². The van der Waals surface area contributed by atoms with Crippen LogP contribution in [-0.4, -0.2) is 46.2 Å². The number of hydrogen-bond donors (Lipinski definition) is 1. The van der Waals surface area contributed by atoms with E-state index in [1.165, 1.54) is 0 Å². The molecule has 186 valence electrons. The molecule has 0 fully saturated rings. The maximum Gasteiger partial charge on any atom is 0.217 e. The molecular weight excluding hydrogens is 464 g/mol. The number of carbonyl (C=O) groups is 1. The standard InChI is InChI=1S/C28H28N8O/c1-2-3-9-16-36-26(30-28(33-36)25(37)17-20-10-5-4-6-11-20)18-22-15-14-21(19-29-22)23-12-7-8-13-24(23)27-31-34-35-32-27/h4-8,10-15,19H,2-3,9,16-18H2,1H3,(H,31,32,34,35). The summed E-state index contributed by atoms with van der Waals surface area (Å²) in [6.45, 7) is 2.89. The third-order valence-electron chi connectivity index (χ3n) is 6.17. The second-order valence-corrected chi connectivity index (χ2v) is 8.86. The van der Waals surface area contributed by atoms with Gasteiger partial charge in [-0.15, -0.1) is 15.3 Å². The predicted octanol–water partition coefficient (Wildman–Crippen LogP) is 4.73. The molecule has 3 heterocycles. The Morgan fingerprint density at radius 3 is 2.49 bits per heavy atom. The van der Waals surface area contributed by atoms with E-state index in [4.69, 9.17) is 4.98 Å². The molecule has 0 saturated heterocycles. The highest BCUT2D eigenvalue weighted by molar-refractivity contribution is 5.94. The van der Waals surface area contributed by atoms with Gasteiger partial charge in [0, 0.05) is 42.4 Å². The first-order valence-electron chi connectivity index (χ1n) is 12.5. The SMILES string of the molecule is CCCCCn1nc(C(=O)Cc2ccccc2)nc1Cc1ccc(-c2ccccc2-c2nn[nH]n2)cn1. The summed E-state index contributed by atoms with van der Waals surface area (Å²) in [5.41, 5.74) is 4.61. The smallest absolute Gasteiger partial charge is 0.217 e. The number of rotatable bonds is 11. The van der Waals surface area contributed by atoms with Crippen LogP contribution >= 0.6 is 0 Å². The fourth-order valence-corrected chi connectivity index (χ4v) is 4.23. The van der Waals surface area contributed by atoms with Gasteiger partial charge in [-0.2, -0.15) is 5.21 Å². The number of H-pyrrole nitrogens is 1. The molecule has 0 unspecified atom stereocenters. The average molecular weight is 493 g/mol. The number of aryl methyl sites for hydroxylation is 1. The number of aromatic nitrogens is 8. The van der Waals surface area contributed by atoms with Crippen molar-refractivity contribution in [2.45, 2.75) is 45.6 Å². The van der Waals surface area contributed by atoms with Gasteiger partial charge < -0.3 is 0 Å². The predicted molar refractivity (Wildman–Crippen MR) is 140 cm³/mol. The molecule has 3 aromatic heterocycles. The lowest BCUT2D eigenvalue weighted by molar-refractivity contribution is 0.0982. The van der Waals surface area contributed by atoms with E-state index in [9.17, 15) is 4.79 Å². The molecule has 1 N–H and O–H groups in total. The van der Waals surface area contributed by atoms with Crippen LogP contribution in [-0.2, 0) is 19.4 Å². The number of carbonyl (C=O) groups excluding carboxylic acids is 1. The van der Waals surface area contributed by atoms with E-state index in [0.717, 1.165) is 59.6 Å². The van der Waals surface area contributed by atoms with E-state index in [1.807, 2.05) is 77.6 Å². The Balaban J connectivity index is 1.37. The Kier molecular flexibility index (Phi) is 7.50. The van der Waals surface area contributed by atoms with Crippen LogP contribution in [0, 0.1) is 0 Å². The molecule has 9 heteroatoms. The van der Waals surface area contributed by atoms with Crippen molar-refractivity contribution in [1.82, 2.24) is 40.4 Å². The van der Waals surface area contributed by atoms with Crippen molar-refractivity contribution in [2.24, 2.45) is 0 Å². The fraction of sp³-hybridized carbons (Fsp3) is 0.250. The molecule has 5 rings (SSSR count). The second kappa shape index (κ2) is 11.5. The molecule has 2 aromatic carbocycles. The van der Waals surface area contributed by atoms with Crippen molar-refractivity contribution in [2.75, 3.05) is 0 Å². The van der Waals surface area contributed by atoms with E-state index in [0.29, 0.717) is 12.2 Å². The summed E-state index contributed by atoms with van der Waals surface area (Å²) in [7, 11) is 0. The first-order chi connectivity index (χ1) is 18.2. The van der Waals surface area contributed by atoms with E-state index in [1.54, 1.807) is 0 Å². The third-order valence-corrected chi connectivity index (χ3v) is 6.17. The maximum absolute atomic E-state index is 12.9. The molecule has 0 atom stereocenters. The van der Waals surface area contributed by atoms with Crippen LogP contribution in [0.25, 0.3) is 22.5 Å². The minimum absolute atomic E-state index is 0.0805. The summed E-state index contributed by atoms with van der Waals surface area (Å²) in [4.78, 5) is 22.3. The minimum Gasteiger partial charge on any atom is -0.290 e. The highest BCUT2D eigenvalue weighted by Gasteiger charge is 2.18. The molecule has 0 aliphatic rings. The van der Waals surface area contributed by atoms with Crippen molar-refractivity contribution in [1.29, 1.82) is 0 Å². The molecule has 0 amide bonds. The molecule has 5 aromatic rings. The first-order valence-corrected chi connectivity index (χ1v) is 12.5. The Hall–Kier alpha value is -4.53. The number of pyridine rings is 1. The van der Waals surface area contributed by atoms with E-state index >= 15 is 0 Å². The van der Waals surface area contributed by atoms with Crippen LogP contribution in [0.3, 0.4) is 0 Å². The van der Waals surface area contributed by atoms with Gasteiger partial charge in [0.25, 0.3) is 0 Å². The third kappa shape index (κ3) is 5.83. The molecule has 9 nitrogen and oxygen atoms in total. The summed E-state index contributed by atoms with van der Waals surface area (Å²) in [5.74, 6) is 1.47. The van der Waals surface area contributed by atoms with Gasteiger partial charge in [-0.25, -0.2) is 9.67 Å². The molecule has 0 radical (unpaired) electrons. The zero-order valence-corrected chi connectivity index (χ0v) is 20.7. The number of aromatic amines is 1. The van der Waals surface area contributed by atoms with Crippen LogP contribution in [0.15, 0.2) is 72.9 Å². The van der Waals surface area contributed by atoms with Gasteiger partial charge in [0.15, 0.2) is 0 Å². The number of benzene rings is 2. The van der Waals surface area contributed by atoms with Gasteiger partial charge in [0.05, 0.1) is 0 Å². The molecular formula is C28H28N8O. The van der Waals surface area contributed by atoms with Gasteiger partial charge in [0.2, 0.25) is 17.4 Å². The summed E-state index contributed by atoms with van der Waals surface area (Å²) in [6, 6.07) is 21.6. The lowest BCUT2D eigenvalue weighted by Crippen LogP contribution is -2.08. The van der Waals surface area contributed by atoms with Crippen LogP contribution in [0.4, 0.5) is 0 Å². The van der Waals surface area contributed by atoms with Crippen LogP contribution in [0.1, 0.15) is 53.9 Å². The second-order valence-electron chi connectivity index (χ2n) is 8.86. The lowest BCUT2D eigenvalue weighted by Gasteiger charge is -2.08. The maximum atomic E-state index is 12.9. The summed E-state index contributed by atoms with van der Waals surface area (Å²) < 4.78 is 1.87. The average Bonchev–Trinajstić information content (AvgIpc) is 3.61. The summed E-state index contributed by atoms with van der Waals surface area (Å²) in [5, 5.41) is 19.0. The number of hydrogen-bond acceptors (Lipinski definition) is 7. The number of ketones is 1.